The Morgan fingerprint density at radius 1 is 1.08 bits per heavy atom. The molecule has 0 aliphatic carbocycles. The molecule has 2 aromatic rings. The second-order valence-corrected chi connectivity index (χ2v) is 6.15. The van der Waals surface area contributed by atoms with Gasteiger partial charge in [0, 0.05) is 23.8 Å². The minimum absolute atomic E-state index is 0.0689. The highest BCUT2D eigenvalue weighted by Crippen LogP contribution is 2.24. The predicted molar refractivity (Wildman–Crippen MR) is 101 cm³/mol. The van der Waals surface area contributed by atoms with Crippen molar-refractivity contribution in [2.75, 3.05) is 10.6 Å². The van der Waals surface area contributed by atoms with Gasteiger partial charge in [-0.15, -0.1) is 0 Å². The quantitative estimate of drug-likeness (QED) is 0.751. The van der Waals surface area contributed by atoms with Crippen LogP contribution in [0.1, 0.15) is 37.4 Å². The molecule has 0 saturated carbocycles. The van der Waals surface area contributed by atoms with Crippen LogP contribution < -0.4 is 16.4 Å². The number of carbonyl (C=O) groups excluding carboxylic acids is 2. The van der Waals surface area contributed by atoms with E-state index in [1.807, 2.05) is 56.3 Å². The molecular weight excluding hydrogens is 314 g/mol. The average molecular weight is 339 g/mol. The third-order valence-electron chi connectivity index (χ3n) is 4.24. The highest BCUT2D eigenvalue weighted by molar-refractivity contribution is 5.95. The zero-order chi connectivity index (χ0) is 18.4. The van der Waals surface area contributed by atoms with Crippen LogP contribution in [-0.2, 0) is 9.59 Å². The number of amides is 2. The van der Waals surface area contributed by atoms with E-state index >= 15 is 0 Å². The molecule has 0 aromatic heterocycles. The Balaban J connectivity index is 2.11. The maximum Gasteiger partial charge on any atom is 0.229 e. The largest absolute Gasteiger partial charge is 0.326 e. The number of nitrogens with two attached hydrogens (primary N) is 1. The van der Waals surface area contributed by atoms with Crippen LogP contribution in [0.3, 0.4) is 0 Å². The Kier molecular flexibility index (Phi) is 6.31. The van der Waals surface area contributed by atoms with Crippen molar-refractivity contribution in [3.63, 3.8) is 0 Å². The zero-order valence-corrected chi connectivity index (χ0v) is 14.9. The van der Waals surface area contributed by atoms with Gasteiger partial charge in [0.2, 0.25) is 11.8 Å². The van der Waals surface area contributed by atoms with Crippen molar-refractivity contribution in [1.82, 2.24) is 0 Å². The molecule has 0 aliphatic heterocycles. The number of nitrogens with one attached hydrogen (secondary N) is 2. The second kappa shape index (κ2) is 8.44. The van der Waals surface area contributed by atoms with Gasteiger partial charge in [0.05, 0.1) is 5.92 Å². The van der Waals surface area contributed by atoms with Crippen molar-refractivity contribution < 1.29 is 9.59 Å². The third-order valence-corrected chi connectivity index (χ3v) is 4.24. The Labute approximate surface area is 148 Å². The van der Waals surface area contributed by atoms with Crippen LogP contribution in [-0.4, -0.2) is 11.8 Å². The fraction of sp³-hybridized carbons (Fsp3) is 0.300. The van der Waals surface area contributed by atoms with E-state index in [0.717, 1.165) is 11.1 Å². The van der Waals surface area contributed by atoms with Gasteiger partial charge < -0.3 is 16.4 Å². The topological polar surface area (TPSA) is 84.2 Å². The molecule has 2 amide bonds. The summed E-state index contributed by atoms with van der Waals surface area (Å²) in [6, 6.07) is 14.6. The molecule has 4 N–H and O–H groups in total. The molecule has 132 valence electrons. The summed E-state index contributed by atoms with van der Waals surface area (Å²) in [7, 11) is 0. The standard InChI is InChI=1S/C20H25N3O2/c1-4-18(24)22-16-11-10-13(2)17(12-16)23-20(25)14(3)19(21)15-8-6-5-7-9-15/h5-12,14,19H,4,21H2,1-3H3,(H,22,24)(H,23,25). The number of benzene rings is 2. The van der Waals surface area contributed by atoms with Crippen LogP contribution in [0.15, 0.2) is 48.5 Å². The van der Waals surface area contributed by atoms with Crippen molar-refractivity contribution in [3.05, 3.63) is 59.7 Å². The minimum Gasteiger partial charge on any atom is -0.326 e. The van der Waals surface area contributed by atoms with Crippen LogP contribution in [0, 0.1) is 12.8 Å². The third kappa shape index (κ3) is 4.90. The predicted octanol–water partition coefficient (Wildman–Crippen LogP) is 3.62. The van der Waals surface area contributed by atoms with Gasteiger partial charge in [-0.2, -0.15) is 0 Å². The molecule has 5 heteroatoms. The lowest BCUT2D eigenvalue weighted by atomic mass is 9.94. The molecule has 0 spiro atoms. The maximum atomic E-state index is 12.6. The van der Waals surface area contributed by atoms with E-state index in [0.29, 0.717) is 17.8 Å². The van der Waals surface area contributed by atoms with E-state index in [1.54, 1.807) is 13.0 Å². The fourth-order valence-electron chi connectivity index (χ4n) is 2.46. The smallest absolute Gasteiger partial charge is 0.229 e. The molecule has 2 rings (SSSR count). The van der Waals surface area contributed by atoms with Gasteiger partial charge in [0.15, 0.2) is 0 Å². The SMILES string of the molecule is CCC(=O)Nc1ccc(C)c(NC(=O)C(C)C(N)c2ccccc2)c1. The van der Waals surface area contributed by atoms with Crippen LogP contribution in [0.4, 0.5) is 11.4 Å². The number of hydrogen-bond acceptors (Lipinski definition) is 3. The Bertz CT molecular complexity index is 744. The van der Waals surface area contributed by atoms with Crippen molar-refractivity contribution in [3.8, 4) is 0 Å². The van der Waals surface area contributed by atoms with Gasteiger partial charge in [-0.1, -0.05) is 50.2 Å². The summed E-state index contributed by atoms with van der Waals surface area (Å²) in [5.41, 5.74) is 9.40. The van der Waals surface area contributed by atoms with Crippen molar-refractivity contribution in [2.45, 2.75) is 33.2 Å². The molecule has 0 fully saturated rings. The molecular formula is C20H25N3O2. The van der Waals surface area contributed by atoms with Crippen LogP contribution >= 0.6 is 0 Å². The van der Waals surface area contributed by atoms with Crippen LogP contribution in [0.25, 0.3) is 0 Å². The lowest BCUT2D eigenvalue weighted by molar-refractivity contribution is -0.120. The molecule has 25 heavy (non-hydrogen) atoms. The number of rotatable bonds is 6. The van der Waals surface area contributed by atoms with E-state index < -0.39 is 5.92 Å². The summed E-state index contributed by atoms with van der Waals surface area (Å²) < 4.78 is 0. The van der Waals surface area contributed by atoms with Gasteiger partial charge in [-0.3, -0.25) is 9.59 Å². The fourth-order valence-corrected chi connectivity index (χ4v) is 2.46. The summed E-state index contributed by atoms with van der Waals surface area (Å²) in [5, 5.41) is 5.72. The highest BCUT2D eigenvalue weighted by Gasteiger charge is 2.22. The van der Waals surface area contributed by atoms with E-state index in [2.05, 4.69) is 10.6 Å². The first kappa shape index (κ1) is 18.7. The van der Waals surface area contributed by atoms with E-state index in [-0.39, 0.29) is 17.9 Å². The summed E-state index contributed by atoms with van der Waals surface area (Å²) in [5.74, 6) is -0.616. The summed E-state index contributed by atoms with van der Waals surface area (Å²) in [6.45, 7) is 5.51. The molecule has 5 nitrogen and oxygen atoms in total. The van der Waals surface area contributed by atoms with E-state index in [1.165, 1.54) is 0 Å². The normalized spacial score (nSPS) is 13.0. The lowest BCUT2D eigenvalue weighted by Gasteiger charge is -2.20. The van der Waals surface area contributed by atoms with Gasteiger partial charge in [0.1, 0.15) is 0 Å². The monoisotopic (exact) mass is 339 g/mol. The van der Waals surface area contributed by atoms with Crippen molar-refractivity contribution >= 4 is 23.2 Å². The van der Waals surface area contributed by atoms with Gasteiger partial charge in [0.25, 0.3) is 0 Å². The molecule has 0 radical (unpaired) electrons. The Morgan fingerprint density at radius 3 is 2.40 bits per heavy atom. The van der Waals surface area contributed by atoms with E-state index in [4.69, 9.17) is 5.73 Å². The molecule has 2 unspecified atom stereocenters. The summed E-state index contributed by atoms with van der Waals surface area (Å²) >= 11 is 0. The van der Waals surface area contributed by atoms with Crippen LogP contribution in [0.5, 0.6) is 0 Å². The first-order chi connectivity index (χ1) is 11.9. The van der Waals surface area contributed by atoms with Crippen LogP contribution in [0.2, 0.25) is 0 Å². The van der Waals surface area contributed by atoms with Crippen molar-refractivity contribution in [1.29, 1.82) is 0 Å². The Morgan fingerprint density at radius 2 is 1.76 bits per heavy atom. The number of hydrogen-bond donors (Lipinski definition) is 3. The van der Waals surface area contributed by atoms with Gasteiger partial charge in [-0.25, -0.2) is 0 Å². The molecule has 0 saturated heterocycles. The molecule has 0 heterocycles. The maximum absolute atomic E-state index is 12.6. The average Bonchev–Trinajstić information content (AvgIpc) is 2.63. The number of anilines is 2. The molecule has 2 aromatic carbocycles. The summed E-state index contributed by atoms with van der Waals surface area (Å²) in [6.07, 6.45) is 0.401. The molecule has 0 bridgehead atoms. The molecule has 0 aliphatic rings. The van der Waals surface area contributed by atoms with E-state index in [9.17, 15) is 9.59 Å². The molecule has 2 atom stereocenters. The Hall–Kier alpha value is -2.66. The zero-order valence-electron chi connectivity index (χ0n) is 14.9. The minimum atomic E-state index is -0.393. The number of carbonyl (C=O) groups is 2. The number of aryl methyl sites for hydroxylation is 1. The lowest BCUT2D eigenvalue weighted by Crippen LogP contribution is -2.30. The van der Waals surface area contributed by atoms with Crippen molar-refractivity contribution in [2.24, 2.45) is 11.7 Å². The second-order valence-electron chi connectivity index (χ2n) is 6.15. The first-order valence-electron chi connectivity index (χ1n) is 8.44. The first-order valence-corrected chi connectivity index (χ1v) is 8.44. The summed E-state index contributed by atoms with van der Waals surface area (Å²) in [4.78, 5) is 24.1. The highest BCUT2D eigenvalue weighted by atomic mass is 16.2. The van der Waals surface area contributed by atoms with Gasteiger partial charge >= 0.3 is 0 Å². The van der Waals surface area contributed by atoms with Gasteiger partial charge in [-0.05, 0) is 30.2 Å².